The predicted octanol–water partition coefficient (Wildman–Crippen LogP) is 3.01. The van der Waals surface area contributed by atoms with Gasteiger partial charge in [-0.3, -0.25) is 0 Å². The van der Waals surface area contributed by atoms with E-state index < -0.39 is 0 Å². The lowest BCUT2D eigenvalue weighted by atomic mass is 10.1. The summed E-state index contributed by atoms with van der Waals surface area (Å²) in [6.07, 6.45) is 5.40. The van der Waals surface area contributed by atoms with Crippen molar-refractivity contribution in [3.05, 3.63) is 70.8 Å². The molecule has 1 heterocycles. The number of aryl methyl sites for hydroxylation is 2. The molecule has 1 aromatic heterocycles. The first-order valence-electron chi connectivity index (χ1n) is 9.16. The number of nitrogens with one attached hydrogen (secondary N) is 2. The van der Waals surface area contributed by atoms with Crippen molar-refractivity contribution in [2.75, 3.05) is 16.7 Å². The van der Waals surface area contributed by atoms with E-state index in [9.17, 15) is 0 Å². The van der Waals surface area contributed by atoms with Gasteiger partial charge in [0, 0.05) is 0 Å². The monoisotopic (exact) mass is 376 g/mol. The van der Waals surface area contributed by atoms with E-state index in [-0.39, 0.29) is 0 Å². The minimum atomic E-state index is 0.298. The number of aromatic nitrogens is 3. The van der Waals surface area contributed by atoms with Gasteiger partial charge in [0.15, 0.2) is 0 Å². The van der Waals surface area contributed by atoms with E-state index in [4.69, 9.17) is 5.84 Å². The van der Waals surface area contributed by atoms with Crippen molar-refractivity contribution in [3.8, 4) is 0 Å². The highest BCUT2D eigenvalue weighted by Gasteiger charge is 2.07. The molecule has 8 heteroatoms. The van der Waals surface area contributed by atoms with Crippen LogP contribution in [-0.4, -0.2) is 27.3 Å². The lowest BCUT2D eigenvalue weighted by Gasteiger charge is -2.02. The zero-order chi connectivity index (χ0) is 19.8. The molecule has 0 saturated heterocycles. The maximum Gasteiger partial charge on any atom is 0.265 e. The molecular weight excluding hydrogens is 352 g/mol. The lowest BCUT2D eigenvalue weighted by Crippen LogP contribution is -2.14. The van der Waals surface area contributed by atoms with Crippen LogP contribution in [0.4, 0.5) is 11.9 Å². The Hall–Kier alpha value is -3.68. The third kappa shape index (κ3) is 4.94. The number of nitrogen functional groups attached to an aromatic ring is 1. The number of hydrogen-bond acceptors (Lipinski definition) is 7. The Bertz CT molecular complexity index is 862. The summed E-state index contributed by atoms with van der Waals surface area (Å²) in [6.45, 7) is 4.24. The average Bonchev–Trinajstić information content (AvgIpc) is 3.09. The van der Waals surface area contributed by atoms with Crippen LogP contribution in [0.25, 0.3) is 0 Å². The summed E-state index contributed by atoms with van der Waals surface area (Å²) in [5.41, 5.74) is 10.1. The number of hydrazone groups is 2. The van der Waals surface area contributed by atoms with Crippen molar-refractivity contribution >= 4 is 24.3 Å². The Morgan fingerprint density at radius 1 is 0.786 bits per heavy atom. The number of nitrogens with two attached hydrogens (primary N) is 1. The molecule has 0 radical (unpaired) electrons. The van der Waals surface area contributed by atoms with Gasteiger partial charge in [0.2, 0.25) is 0 Å². The van der Waals surface area contributed by atoms with E-state index in [1.165, 1.54) is 15.8 Å². The van der Waals surface area contributed by atoms with Crippen LogP contribution in [0.5, 0.6) is 0 Å². The molecule has 8 nitrogen and oxygen atoms in total. The maximum atomic E-state index is 5.96. The van der Waals surface area contributed by atoms with Gasteiger partial charge in [-0.15, -0.1) is 10.2 Å². The fourth-order valence-electron chi connectivity index (χ4n) is 2.45. The second kappa shape index (κ2) is 9.31. The van der Waals surface area contributed by atoms with E-state index in [0.717, 1.165) is 24.0 Å². The van der Waals surface area contributed by atoms with Crippen molar-refractivity contribution in [3.63, 3.8) is 0 Å². The van der Waals surface area contributed by atoms with Gasteiger partial charge in [0.05, 0.1) is 12.4 Å². The summed E-state index contributed by atoms with van der Waals surface area (Å²) in [7, 11) is 0. The minimum Gasteiger partial charge on any atom is -0.333 e. The Kier molecular flexibility index (Phi) is 6.35. The minimum absolute atomic E-state index is 0.298. The summed E-state index contributed by atoms with van der Waals surface area (Å²) in [5, 5.41) is 16.2. The molecule has 0 unspecified atom stereocenters. The van der Waals surface area contributed by atoms with Gasteiger partial charge in [-0.25, -0.2) is 10.9 Å². The molecule has 0 fully saturated rings. The fraction of sp³-hybridized carbons (Fsp3) is 0.200. The van der Waals surface area contributed by atoms with E-state index in [1.807, 2.05) is 24.3 Å². The van der Waals surface area contributed by atoms with Crippen molar-refractivity contribution in [2.45, 2.75) is 26.7 Å². The van der Waals surface area contributed by atoms with Gasteiger partial charge < -0.3 is 5.84 Å². The number of benzene rings is 2. The van der Waals surface area contributed by atoms with Crippen LogP contribution >= 0.6 is 0 Å². The van der Waals surface area contributed by atoms with Crippen molar-refractivity contribution in [2.24, 2.45) is 10.2 Å². The van der Waals surface area contributed by atoms with Crippen molar-refractivity contribution in [1.29, 1.82) is 0 Å². The lowest BCUT2D eigenvalue weighted by molar-refractivity contribution is 0.981. The third-order valence-corrected chi connectivity index (χ3v) is 4.23. The molecule has 28 heavy (non-hydrogen) atoms. The topological polar surface area (TPSA) is 106 Å². The highest BCUT2D eigenvalue weighted by molar-refractivity contribution is 5.80. The molecule has 0 aliphatic heterocycles. The van der Waals surface area contributed by atoms with Crippen LogP contribution < -0.4 is 16.7 Å². The third-order valence-electron chi connectivity index (χ3n) is 4.23. The first kappa shape index (κ1) is 19.1. The van der Waals surface area contributed by atoms with Crippen LogP contribution in [0.3, 0.4) is 0 Å². The summed E-state index contributed by atoms with van der Waals surface area (Å²) in [4.78, 5) is 0. The molecule has 0 bridgehead atoms. The van der Waals surface area contributed by atoms with Crippen LogP contribution in [0.2, 0.25) is 0 Å². The predicted molar refractivity (Wildman–Crippen MR) is 114 cm³/mol. The number of anilines is 2. The Labute approximate surface area is 164 Å². The average molecular weight is 376 g/mol. The molecule has 3 aromatic rings. The van der Waals surface area contributed by atoms with E-state index in [0.29, 0.717) is 11.9 Å². The standard InChI is InChI=1S/C20H24N8/c1-3-15-5-9-17(10-6-15)13-22-24-19-26-27-20(28(19)21)25-23-14-18-11-7-16(4-2)8-12-18/h5-14H,3-4,21H2,1-2H3,(H,24,26)(H,25,27)/b22-13-,23-14-. The Balaban J connectivity index is 1.56. The number of nitrogens with zero attached hydrogens (tertiary/aromatic N) is 5. The molecule has 144 valence electrons. The molecular formula is C20H24N8. The molecule has 0 atom stereocenters. The highest BCUT2D eigenvalue weighted by atomic mass is 15.6. The summed E-state index contributed by atoms with van der Waals surface area (Å²) in [5.74, 6) is 6.55. The molecule has 0 saturated carbocycles. The first-order valence-corrected chi connectivity index (χ1v) is 9.16. The molecule has 2 aromatic carbocycles. The van der Waals surface area contributed by atoms with Crippen molar-refractivity contribution in [1.82, 2.24) is 14.9 Å². The van der Waals surface area contributed by atoms with Gasteiger partial charge >= 0.3 is 0 Å². The van der Waals surface area contributed by atoms with Crippen LogP contribution in [-0.2, 0) is 12.8 Å². The van der Waals surface area contributed by atoms with E-state index in [2.05, 4.69) is 69.4 Å². The number of rotatable bonds is 8. The van der Waals surface area contributed by atoms with Gasteiger partial charge in [-0.1, -0.05) is 62.4 Å². The number of hydrogen-bond donors (Lipinski definition) is 3. The molecule has 3 rings (SSSR count). The first-order chi connectivity index (χ1) is 13.7. The van der Waals surface area contributed by atoms with E-state index in [1.54, 1.807) is 12.4 Å². The fourth-order valence-corrected chi connectivity index (χ4v) is 2.45. The van der Waals surface area contributed by atoms with Gasteiger partial charge in [0.1, 0.15) is 0 Å². The molecule has 0 aliphatic carbocycles. The summed E-state index contributed by atoms with van der Waals surface area (Å²) >= 11 is 0. The van der Waals surface area contributed by atoms with Gasteiger partial charge in [0.25, 0.3) is 11.9 Å². The second-order valence-corrected chi connectivity index (χ2v) is 6.15. The van der Waals surface area contributed by atoms with Crippen molar-refractivity contribution < 1.29 is 0 Å². The van der Waals surface area contributed by atoms with Crippen LogP contribution in [0, 0.1) is 0 Å². The van der Waals surface area contributed by atoms with Crippen LogP contribution in [0.15, 0.2) is 58.7 Å². The van der Waals surface area contributed by atoms with Gasteiger partial charge in [-0.2, -0.15) is 14.9 Å². The Morgan fingerprint density at radius 3 is 1.54 bits per heavy atom. The Morgan fingerprint density at radius 2 is 1.18 bits per heavy atom. The summed E-state index contributed by atoms with van der Waals surface area (Å²) < 4.78 is 1.25. The molecule has 0 aliphatic rings. The van der Waals surface area contributed by atoms with Crippen LogP contribution in [0.1, 0.15) is 36.1 Å². The SMILES string of the molecule is CCc1ccc(/C=N\Nc2nnc(N/N=C\c3ccc(CC)cc3)n2N)cc1. The largest absolute Gasteiger partial charge is 0.333 e. The van der Waals surface area contributed by atoms with E-state index >= 15 is 0 Å². The molecule has 0 amide bonds. The zero-order valence-electron chi connectivity index (χ0n) is 16.0. The highest BCUT2D eigenvalue weighted by Crippen LogP contribution is 2.08. The quantitative estimate of drug-likeness (QED) is 0.318. The summed E-state index contributed by atoms with van der Waals surface area (Å²) in [6, 6.07) is 16.3. The molecule has 4 N–H and O–H groups in total. The molecule has 0 spiro atoms. The smallest absolute Gasteiger partial charge is 0.265 e. The normalized spacial score (nSPS) is 11.4. The zero-order valence-corrected chi connectivity index (χ0v) is 16.0. The van der Waals surface area contributed by atoms with Gasteiger partial charge in [-0.05, 0) is 35.1 Å². The second-order valence-electron chi connectivity index (χ2n) is 6.15. The maximum absolute atomic E-state index is 5.96.